The van der Waals surface area contributed by atoms with Crippen LogP contribution in [0.25, 0.3) is 0 Å². The predicted octanol–water partition coefficient (Wildman–Crippen LogP) is 2.51. The van der Waals surface area contributed by atoms with Crippen LogP contribution >= 0.6 is 0 Å². The number of anilines is 1. The number of nitrogens with one attached hydrogen (secondary N) is 1. The fraction of sp³-hybridized carbons (Fsp3) is 0.500. The number of nitrogens with zero attached hydrogens (tertiary/aromatic N) is 4. The van der Waals surface area contributed by atoms with E-state index in [1.54, 1.807) is 24.3 Å². The molecule has 0 bridgehead atoms. The van der Waals surface area contributed by atoms with Gasteiger partial charge in [-0.05, 0) is 36.1 Å². The predicted molar refractivity (Wildman–Crippen MR) is 125 cm³/mol. The normalized spacial score (nSPS) is 14.8. The molecule has 1 aromatic rings. The Bertz CT molecular complexity index is 789. The summed E-state index contributed by atoms with van der Waals surface area (Å²) in [6, 6.07) is 7.12. The van der Waals surface area contributed by atoms with Gasteiger partial charge >= 0.3 is 0 Å². The number of rotatable bonds is 4. The minimum Gasteiger partial charge on any atom is -0.387 e. The molecule has 0 unspecified atom stereocenters. The van der Waals surface area contributed by atoms with Crippen molar-refractivity contribution in [2.45, 2.75) is 48.0 Å². The first-order valence-electron chi connectivity index (χ1n) is 9.46. The topological polar surface area (TPSA) is 166 Å². The number of hydrogen-bond acceptors (Lipinski definition) is 2. The second-order valence-electron chi connectivity index (χ2n) is 8.94. The maximum atomic E-state index is 5.91. The van der Waals surface area contributed by atoms with Crippen LogP contribution in [0.4, 0.5) is 11.4 Å². The summed E-state index contributed by atoms with van der Waals surface area (Å²) < 4.78 is 0. The van der Waals surface area contributed by atoms with Crippen LogP contribution < -0.4 is 28.3 Å². The number of guanidine groups is 3. The molecule has 0 amide bonds. The summed E-state index contributed by atoms with van der Waals surface area (Å²) in [7, 11) is 0. The lowest BCUT2D eigenvalue weighted by Gasteiger charge is -2.16. The Labute approximate surface area is 173 Å². The quantitative estimate of drug-likeness (QED) is 0.385. The van der Waals surface area contributed by atoms with Crippen molar-refractivity contribution in [1.82, 2.24) is 0 Å². The van der Waals surface area contributed by atoms with E-state index < -0.39 is 0 Å². The Morgan fingerprint density at radius 2 is 1.45 bits per heavy atom. The molecule has 160 valence electrons. The average Bonchev–Trinajstić information content (AvgIpc) is 2.54. The first kappa shape index (κ1) is 23.9. The van der Waals surface area contributed by atoms with E-state index >= 15 is 0 Å². The molecule has 0 aliphatic carbocycles. The molecule has 0 radical (unpaired) electrons. The maximum Gasteiger partial charge on any atom is 0.222 e. The fourth-order valence-electron chi connectivity index (χ4n) is 1.91. The van der Waals surface area contributed by atoms with Crippen molar-refractivity contribution in [2.24, 2.45) is 53.7 Å². The molecule has 29 heavy (non-hydrogen) atoms. The SMILES string of the molecule is CC(C)(C)CCN=C(N)N=C(N)Nc1ccc(N=C(N)N=C(N)C(C)(C)C)cc1. The number of amidine groups is 1. The summed E-state index contributed by atoms with van der Waals surface area (Å²) in [4.78, 5) is 16.6. The summed E-state index contributed by atoms with van der Waals surface area (Å²) >= 11 is 0. The van der Waals surface area contributed by atoms with E-state index in [-0.39, 0.29) is 28.7 Å². The van der Waals surface area contributed by atoms with Crippen LogP contribution in [0.3, 0.4) is 0 Å². The molecule has 9 N–H and O–H groups in total. The van der Waals surface area contributed by atoms with E-state index in [1.807, 2.05) is 20.8 Å². The van der Waals surface area contributed by atoms with E-state index in [4.69, 9.17) is 22.9 Å². The molecule has 9 nitrogen and oxygen atoms in total. The molecular weight excluding hydrogens is 366 g/mol. The molecular formula is C20H35N9. The standard InChI is InChI=1S/C20H35N9/c1-19(2,3)11-12-25-16(22)29-18(24)27-14-9-7-13(8-10-14)26-17(23)28-15(21)20(4,5)6/h7-10H,11-12H2,1-6H3,(H4,21,23,26,28)(H5,22,24,25,27,29). The van der Waals surface area contributed by atoms with Crippen LogP contribution in [-0.2, 0) is 0 Å². The summed E-state index contributed by atoms with van der Waals surface area (Å²) in [5, 5.41) is 2.95. The van der Waals surface area contributed by atoms with Crippen LogP contribution in [-0.4, -0.2) is 30.3 Å². The van der Waals surface area contributed by atoms with Crippen LogP contribution in [0.2, 0.25) is 0 Å². The monoisotopic (exact) mass is 401 g/mol. The lowest BCUT2D eigenvalue weighted by molar-refractivity contribution is 0.385. The van der Waals surface area contributed by atoms with Crippen molar-refractivity contribution >= 4 is 35.1 Å². The maximum absolute atomic E-state index is 5.91. The van der Waals surface area contributed by atoms with E-state index in [0.29, 0.717) is 18.1 Å². The number of hydrogen-bond donors (Lipinski definition) is 5. The zero-order valence-corrected chi connectivity index (χ0v) is 18.3. The van der Waals surface area contributed by atoms with Gasteiger partial charge in [0, 0.05) is 17.6 Å². The van der Waals surface area contributed by atoms with Crippen molar-refractivity contribution < 1.29 is 0 Å². The number of aliphatic imine (C=N–C) groups is 4. The summed E-state index contributed by atoms with van der Waals surface area (Å²) in [5.74, 6) is 0.809. The van der Waals surface area contributed by atoms with Gasteiger partial charge < -0.3 is 28.3 Å². The Morgan fingerprint density at radius 1 is 0.862 bits per heavy atom. The van der Waals surface area contributed by atoms with Gasteiger partial charge in [-0.2, -0.15) is 4.99 Å². The molecule has 0 aliphatic rings. The molecule has 0 spiro atoms. The zero-order chi connectivity index (χ0) is 22.2. The van der Waals surface area contributed by atoms with Crippen molar-refractivity contribution in [3.05, 3.63) is 24.3 Å². The Balaban J connectivity index is 2.74. The molecule has 0 aromatic heterocycles. The van der Waals surface area contributed by atoms with Crippen molar-refractivity contribution in [1.29, 1.82) is 0 Å². The fourth-order valence-corrected chi connectivity index (χ4v) is 1.91. The Morgan fingerprint density at radius 3 is 1.97 bits per heavy atom. The van der Waals surface area contributed by atoms with Crippen LogP contribution in [0.1, 0.15) is 48.0 Å². The molecule has 0 saturated heterocycles. The highest BCUT2D eigenvalue weighted by Crippen LogP contribution is 2.18. The van der Waals surface area contributed by atoms with Gasteiger partial charge in [-0.3, -0.25) is 4.99 Å². The highest BCUT2D eigenvalue weighted by Gasteiger charge is 2.15. The average molecular weight is 402 g/mol. The summed E-state index contributed by atoms with van der Waals surface area (Å²) in [6.07, 6.45) is 0.910. The molecule has 0 aliphatic heterocycles. The second-order valence-corrected chi connectivity index (χ2v) is 8.94. The lowest BCUT2D eigenvalue weighted by atomic mass is 9.93. The third-order valence-corrected chi connectivity index (χ3v) is 3.76. The smallest absolute Gasteiger partial charge is 0.222 e. The first-order chi connectivity index (χ1) is 13.3. The van der Waals surface area contributed by atoms with Crippen LogP contribution in [0, 0.1) is 10.8 Å². The van der Waals surface area contributed by atoms with Gasteiger partial charge in [-0.25, -0.2) is 9.98 Å². The van der Waals surface area contributed by atoms with Crippen molar-refractivity contribution in [3.63, 3.8) is 0 Å². The third-order valence-electron chi connectivity index (χ3n) is 3.76. The van der Waals surface area contributed by atoms with Gasteiger partial charge in [-0.15, -0.1) is 0 Å². The largest absolute Gasteiger partial charge is 0.387 e. The lowest BCUT2D eigenvalue weighted by Crippen LogP contribution is -2.31. The molecule has 0 saturated carbocycles. The number of nitrogens with two attached hydrogens (primary N) is 4. The third kappa shape index (κ3) is 10.1. The van der Waals surface area contributed by atoms with Crippen molar-refractivity contribution in [2.75, 3.05) is 11.9 Å². The van der Waals surface area contributed by atoms with Crippen LogP contribution in [0.15, 0.2) is 44.2 Å². The molecule has 0 fully saturated rings. The molecule has 0 atom stereocenters. The van der Waals surface area contributed by atoms with E-state index in [9.17, 15) is 0 Å². The second kappa shape index (κ2) is 9.90. The van der Waals surface area contributed by atoms with Crippen molar-refractivity contribution in [3.8, 4) is 0 Å². The van der Waals surface area contributed by atoms with Crippen LogP contribution in [0.5, 0.6) is 0 Å². The summed E-state index contributed by atoms with van der Waals surface area (Å²) in [5.41, 5.74) is 24.7. The highest BCUT2D eigenvalue weighted by molar-refractivity contribution is 6.00. The minimum absolute atomic E-state index is 0.0958. The molecule has 9 heteroatoms. The van der Waals surface area contributed by atoms with Gasteiger partial charge in [-0.1, -0.05) is 41.5 Å². The Kier molecular flexibility index (Phi) is 8.17. The molecule has 0 heterocycles. The van der Waals surface area contributed by atoms with Gasteiger partial charge in [0.25, 0.3) is 0 Å². The van der Waals surface area contributed by atoms with E-state index in [2.05, 4.69) is 46.1 Å². The first-order valence-corrected chi connectivity index (χ1v) is 9.46. The van der Waals surface area contributed by atoms with Gasteiger partial charge in [0.2, 0.25) is 17.9 Å². The number of benzene rings is 1. The molecule has 1 rings (SSSR count). The molecule has 1 aromatic carbocycles. The highest BCUT2D eigenvalue weighted by atomic mass is 15.2. The zero-order valence-electron chi connectivity index (χ0n) is 18.3. The van der Waals surface area contributed by atoms with Gasteiger partial charge in [0.1, 0.15) is 5.84 Å². The van der Waals surface area contributed by atoms with Gasteiger partial charge in [0.15, 0.2) is 0 Å². The van der Waals surface area contributed by atoms with E-state index in [0.717, 1.165) is 12.1 Å². The van der Waals surface area contributed by atoms with E-state index in [1.165, 1.54) is 0 Å². The van der Waals surface area contributed by atoms with Gasteiger partial charge in [0.05, 0.1) is 5.69 Å². The minimum atomic E-state index is -0.275. The Hall–Kier alpha value is -3.10. The summed E-state index contributed by atoms with van der Waals surface area (Å²) in [6.45, 7) is 12.9.